The smallest absolute Gasteiger partial charge is 0.121 e. The molecule has 0 spiro atoms. The van der Waals surface area contributed by atoms with Crippen LogP contribution in [0.4, 0.5) is 0 Å². The van der Waals surface area contributed by atoms with Crippen molar-refractivity contribution in [2.24, 2.45) is 0 Å². The van der Waals surface area contributed by atoms with Gasteiger partial charge in [-0.2, -0.15) is 0 Å². The Labute approximate surface area is 114 Å². The Morgan fingerprint density at radius 1 is 1.35 bits per heavy atom. The summed E-state index contributed by atoms with van der Waals surface area (Å²) in [7, 11) is 1.97. The van der Waals surface area contributed by atoms with Gasteiger partial charge < -0.3 is 9.73 Å². The van der Waals surface area contributed by atoms with Crippen LogP contribution in [0, 0.1) is 0 Å². The molecule has 0 aliphatic carbocycles. The van der Waals surface area contributed by atoms with Crippen LogP contribution in [0.5, 0.6) is 0 Å². The van der Waals surface area contributed by atoms with Crippen LogP contribution in [0.1, 0.15) is 29.4 Å². The molecule has 0 radical (unpaired) electrons. The first-order chi connectivity index (χ1) is 8.22. The Balaban J connectivity index is 2.10. The van der Waals surface area contributed by atoms with Crippen LogP contribution >= 0.6 is 27.3 Å². The second kappa shape index (κ2) is 5.85. The lowest BCUT2D eigenvalue weighted by molar-refractivity contribution is 0.408. The molecule has 4 heteroatoms. The molecule has 92 valence electrons. The Hall–Kier alpha value is -0.580. The second-order valence-electron chi connectivity index (χ2n) is 3.91. The lowest BCUT2D eigenvalue weighted by atomic mass is 10.1. The summed E-state index contributed by atoms with van der Waals surface area (Å²) in [6.07, 6.45) is 1.91. The van der Waals surface area contributed by atoms with Crippen molar-refractivity contribution < 1.29 is 4.42 Å². The molecule has 0 fully saturated rings. The molecule has 0 amide bonds. The molecule has 2 aromatic heterocycles. The van der Waals surface area contributed by atoms with Gasteiger partial charge in [-0.1, -0.05) is 6.92 Å². The van der Waals surface area contributed by atoms with Gasteiger partial charge in [-0.3, -0.25) is 0 Å². The van der Waals surface area contributed by atoms with Gasteiger partial charge in [0.15, 0.2) is 0 Å². The fourth-order valence-corrected chi connectivity index (χ4v) is 3.31. The third-order valence-electron chi connectivity index (χ3n) is 2.76. The van der Waals surface area contributed by atoms with E-state index in [9.17, 15) is 0 Å². The highest BCUT2D eigenvalue weighted by Gasteiger charge is 2.15. The van der Waals surface area contributed by atoms with Crippen LogP contribution in [0.2, 0.25) is 0 Å². The van der Waals surface area contributed by atoms with Gasteiger partial charge >= 0.3 is 0 Å². The van der Waals surface area contributed by atoms with Gasteiger partial charge in [0.2, 0.25) is 0 Å². The van der Waals surface area contributed by atoms with Crippen LogP contribution in [0.15, 0.2) is 32.5 Å². The van der Waals surface area contributed by atoms with Crippen molar-refractivity contribution in [2.45, 2.75) is 25.8 Å². The normalized spacial score (nSPS) is 12.9. The summed E-state index contributed by atoms with van der Waals surface area (Å²) in [5, 5.41) is 3.31. The maximum absolute atomic E-state index is 5.80. The van der Waals surface area contributed by atoms with E-state index in [1.165, 1.54) is 8.66 Å². The summed E-state index contributed by atoms with van der Waals surface area (Å²) >= 11 is 5.26. The van der Waals surface area contributed by atoms with E-state index in [1.807, 2.05) is 7.05 Å². The SMILES string of the molecule is CCc1ccc(C(Cc2ccc(Br)s2)NC)o1. The molecular weight excluding hydrogens is 298 g/mol. The lowest BCUT2D eigenvalue weighted by Crippen LogP contribution is -2.17. The minimum absolute atomic E-state index is 0.251. The quantitative estimate of drug-likeness (QED) is 0.896. The van der Waals surface area contributed by atoms with Crippen molar-refractivity contribution in [1.82, 2.24) is 5.32 Å². The van der Waals surface area contributed by atoms with E-state index in [0.29, 0.717) is 0 Å². The zero-order valence-electron chi connectivity index (χ0n) is 10.00. The fourth-order valence-electron chi connectivity index (χ4n) is 1.78. The molecule has 2 aromatic rings. The third-order valence-corrected chi connectivity index (χ3v) is 4.40. The first kappa shape index (κ1) is 12.9. The molecule has 1 unspecified atom stereocenters. The molecular formula is C13H16BrNOS. The molecule has 0 saturated heterocycles. The summed E-state index contributed by atoms with van der Waals surface area (Å²) in [5.74, 6) is 2.07. The average molecular weight is 314 g/mol. The van der Waals surface area contributed by atoms with Crippen molar-refractivity contribution in [3.05, 3.63) is 44.4 Å². The predicted molar refractivity (Wildman–Crippen MR) is 75.6 cm³/mol. The van der Waals surface area contributed by atoms with Gasteiger partial charge in [0, 0.05) is 17.7 Å². The van der Waals surface area contributed by atoms with Crippen LogP contribution in [0.3, 0.4) is 0 Å². The van der Waals surface area contributed by atoms with Crippen LogP contribution < -0.4 is 5.32 Å². The Bertz CT molecular complexity index is 477. The molecule has 0 saturated carbocycles. The fraction of sp³-hybridized carbons (Fsp3) is 0.385. The first-order valence-electron chi connectivity index (χ1n) is 5.73. The second-order valence-corrected chi connectivity index (χ2v) is 6.46. The summed E-state index contributed by atoms with van der Waals surface area (Å²) in [6.45, 7) is 2.10. The maximum Gasteiger partial charge on any atom is 0.121 e. The van der Waals surface area contributed by atoms with E-state index < -0.39 is 0 Å². The van der Waals surface area contributed by atoms with E-state index >= 15 is 0 Å². The number of aryl methyl sites for hydroxylation is 1. The molecule has 0 aliphatic heterocycles. The number of furan rings is 1. The molecule has 2 rings (SSSR count). The van der Waals surface area contributed by atoms with Crippen molar-refractivity contribution in [3.8, 4) is 0 Å². The highest BCUT2D eigenvalue weighted by atomic mass is 79.9. The number of rotatable bonds is 5. The zero-order chi connectivity index (χ0) is 12.3. The van der Waals surface area contributed by atoms with Crippen molar-refractivity contribution in [1.29, 1.82) is 0 Å². The van der Waals surface area contributed by atoms with Gasteiger partial charge in [-0.25, -0.2) is 0 Å². The maximum atomic E-state index is 5.80. The van der Waals surface area contributed by atoms with Crippen LogP contribution in [-0.2, 0) is 12.8 Å². The first-order valence-corrected chi connectivity index (χ1v) is 7.34. The lowest BCUT2D eigenvalue weighted by Gasteiger charge is -2.12. The van der Waals surface area contributed by atoms with E-state index in [2.05, 4.69) is 52.4 Å². The largest absolute Gasteiger partial charge is 0.464 e. The molecule has 2 nitrogen and oxygen atoms in total. The number of halogens is 1. The summed E-state index contributed by atoms with van der Waals surface area (Å²) in [4.78, 5) is 1.35. The van der Waals surface area contributed by atoms with E-state index in [0.717, 1.165) is 24.4 Å². The molecule has 0 bridgehead atoms. The molecule has 0 aromatic carbocycles. The molecule has 17 heavy (non-hydrogen) atoms. The zero-order valence-corrected chi connectivity index (χ0v) is 12.4. The summed E-state index contributed by atoms with van der Waals surface area (Å²) < 4.78 is 6.97. The highest BCUT2D eigenvalue weighted by Crippen LogP contribution is 2.27. The average Bonchev–Trinajstić information content (AvgIpc) is 2.94. The molecule has 1 N–H and O–H groups in total. The molecule has 1 atom stereocenters. The van der Waals surface area contributed by atoms with Crippen molar-refractivity contribution in [3.63, 3.8) is 0 Å². The molecule has 2 heterocycles. The third kappa shape index (κ3) is 3.21. The summed E-state index contributed by atoms with van der Waals surface area (Å²) in [5.41, 5.74) is 0. The minimum Gasteiger partial charge on any atom is -0.464 e. The van der Waals surface area contributed by atoms with Crippen molar-refractivity contribution in [2.75, 3.05) is 7.05 Å². The van der Waals surface area contributed by atoms with Gasteiger partial charge in [0.25, 0.3) is 0 Å². The van der Waals surface area contributed by atoms with Crippen LogP contribution in [-0.4, -0.2) is 7.05 Å². The summed E-state index contributed by atoms with van der Waals surface area (Å²) in [6, 6.07) is 8.63. The molecule has 0 aliphatic rings. The number of likely N-dealkylation sites (N-methyl/N-ethyl adjacent to an activating group) is 1. The highest BCUT2D eigenvalue weighted by molar-refractivity contribution is 9.11. The Kier molecular flexibility index (Phi) is 4.42. The minimum atomic E-state index is 0.251. The Morgan fingerprint density at radius 3 is 2.71 bits per heavy atom. The Morgan fingerprint density at radius 2 is 2.18 bits per heavy atom. The number of nitrogens with one attached hydrogen (secondary N) is 1. The van der Waals surface area contributed by atoms with Gasteiger partial charge in [-0.05, 0) is 47.2 Å². The number of hydrogen-bond donors (Lipinski definition) is 1. The van der Waals surface area contributed by atoms with Crippen molar-refractivity contribution >= 4 is 27.3 Å². The number of hydrogen-bond acceptors (Lipinski definition) is 3. The van der Waals surface area contributed by atoms with E-state index in [-0.39, 0.29) is 6.04 Å². The van der Waals surface area contributed by atoms with E-state index in [4.69, 9.17) is 4.42 Å². The van der Waals surface area contributed by atoms with Gasteiger partial charge in [0.05, 0.1) is 9.83 Å². The van der Waals surface area contributed by atoms with E-state index in [1.54, 1.807) is 11.3 Å². The van der Waals surface area contributed by atoms with Gasteiger partial charge in [0.1, 0.15) is 11.5 Å². The number of thiophene rings is 1. The monoisotopic (exact) mass is 313 g/mol. The van der Waals surface area contributed by atoms with Gasteiger partial charge in [-0.15, -0.1) is 11.3 Å². The van der Waals surface area contributed by atoms with Crippen LogP contribution in [0.25, 0.3) is 0 Å². The standard InChI is InChI=1S/C13H16BrNOS/c1-3-9-4-6-12(16-9)11(15-2)8-10-5-7-13(14)17-10/h4-7,11,15H,3,8H2,1-2H3. The predicted octanol–water partition coefficient (Wildman–Crippen LogP) is 4.17. The topological polar surface area (TPSA) is 25.2 Å².